The third-order valence-corrected chi connectivity index (χ3v) is 5.33. The zero-order valence-corrected chi connectivity index (χ0v) is 17.3. The first-order chi connectivity index (χ1) is 15.1. The standard InChI is InChI=1S/C23H24FN3O4/c1-2-31-23(29)19-15-27(8-7-16-3-5-17(24)6-4-16)20-13-18(14-25-21(20)22(19)28)26-9-11-30-12-10-26/h3-6,13-15H,2,7-12H2,1H3. The van der Waals surface area contributed by atoms with Gasteiger partial charge in [0, 0.05) is 25.8 Å². The van der Waals surface area contributed by atoms with Gasteiger partial charge in [-0.15, -0.1) is 0 Å². The average Bonchev–Trinajstić information content (AvgIpc) is 2.80. The molecule has 1 saturated heterocycles. The number of benzene rings is 1. The van der Waals surface area contributed by atoms with Gasteiger partial charge >= 0.3 is 5.97 Å². The van der Waals surface area contributed by atoms with Gasteiger partial charge in [0.25, 0.3) is 0 Å². The predicted molar refractivity (Wildman–Crippen MR) is 115 cm³/mol. The first-order valence-corrected chi connectivity index (χ1v) is 10.3. The number of carbonyl (C=O) groups excluding carboxylic acids is 1. The van der Waals surface area contributed by atoms with Crippen molar-refractivity contribution in [2.24, 2.45) is 0 Å². The van der Waals surface area contributed by atoms with Gasteiger partial charge in [-0.05, 0) is 37.1 Å². The molecule has 0 bridgehead atoms. The Morgan fingerprint density at radius 1 is 1.23 bits per heavy atom. The lowest BCUT2D eigenvalue weighted by atomic mass is 10.1. The van der Waals surface area contributed by atoms with Crippen LogP contribution in [0.4, 0.5) is 10.1 Å². The van der Waals surface area contributed by atoms with Gasteiger partial charge < -0.3 is 18.9 Å². The number of fused-ring (bicyclic) bond motifs is 1. The molecular formula is C23H24FN3O4. The van der Waals surface area contributed by atoms with Crippen molar-refractivity contribution in [1.82, 2.24) is 9.55 Å². The molecule has 1 aliphatic heterocycles. The second-order valence-electron chi connectivity index (χ2n) is 7.32. The summed E-state index contributed by atoms with van der Waals surface area (Å²) in [5.74, 6) is -0.953. The van der Waals surface area contributed by atoms with Gasteiger partial charge in [-0.25, -0.2) is 14.2 Å². The lowest BCUT2D eigenvalue weighted by molar-refractivity contribution is 0.0524. The van der Waals surface area contributed by atoms with Crippen LogP contribution < -0.4 is 10.3 Å². The molecule has 0 spiro atoms. The summed E-state index contributed by atoms with van der Waals surface area (Å²) in [5.41, 5.74) is 2.23. The van der Waals surface area contributed by atoms with E-state index >= 15 is 0 Å². The summed E-state index contributed by atoms with van der Waals surface area (Å²) in [7, 11) is 0. The highest BCUT2D eigenvalue weighted by molar-refractivity contribution is 5.93. The van der Waals surface area contributed by atoms with Gasteiger partial charge in [0.05, 0.1) is 37.2 Å². The number of aryl methyl sites for hydroxylation is 2. The molecule has 0 unspecified atom stereocenters. The first-order valence-electron chi connectivity index (χ1n) is 10.3. The molecular weight excluding hydrogens is 401 g/mol. The van der Waals surface area contributed by atoms with Crippen LogP contribution in [0.15, 0.2) is 47.5 Å². The molecule has 7 nitrogen and oxygen atoms in total. The Hall–Kier alpha value is -3.26. The van der Waals surface area contributed by atoms with Crippen molar-refractivity contribution in [3.8, 4) is 0 Å². The highest BCUT2D eigenvalue weighted by Crippen LogP contribution is 2.21. The average molecular weight is 425 g/mol. The summed E-state index contributed by atoms with van der Waals surface area (Å²) in [6, 6.07) is 8.21. The van der Waals surface area contributed by atoms with E-state index in [9.17, 15) is 14.0 Å². The number of aromatic nitrogens is 2. The number of esters is 1. The van der Waals surface area contributed by atoms with Crippen molar-refractivity contribution in [2.75, 3.05) is 37.8 Å². The molecule has 31 heavy (non-hydrogen) atoms. The highest BCUT2D eigenvalue weighted by Gasteiger charge is 2.19. The number of halogens is 1. The maximum absolute atomic E-state index is 13.2. The quantitative estimate of drug-likeness (QED) is 0.566. The van der Waals surface area contributed by atoms with Gasteiger partial charge in [-0.2, -0.15) is 0 Å². The molecule has 0 amide bonds. The molecule has 8 heteroatoms. The molecule has 3 heterocycles. The van der Waals surface area contributed by atoms with E-state index in [0.717, 1.165) is 24.3 Å². The Bertz CT molecular complexity index is 1140. The van der Waals surface area contributed by atoms with E-state index in [1.54, 1.807) is 25.3 Å². The van der Waals surface area contributed by atoms with E-state index < -0.39 is 11.4 Å². The normalized spacial score (nSPS) is 14.1. The van der Waals surface area contributed by atoms with Gasteiger partial charge in [-0.1, -0.05) is 12.1 Å². The van der Waals surface area contributed by atoms with Crippen LogP contribution in [0.3, 0.4) is 0 Å². The smallest absolute Gasteiger partial charge is 0.343 e. The van der Waals surface area contributed by atoms with Gasteiger partial charge in [0.2, 0.25) is 5.43 Å². The Kier molecular flexibility index (Phi) is 6.27. The van der Waals surface area contributed by atoms with Crippen LogP contribution in [0, 0.1) is 5.82 Å². The molecule has 0 radical (unpaired) electrons. The summed E-state index contributed by atoms with van der Waals surface area (Å²) < 4.78 is 25.6. The molecule has 0 atom stereocenters. The largest absolute Gasteiger partial charge is 0.462 e. The number of ether oxygens (including phenoxy) is 2. The number of hydrogen-bond donors (Lipinski definition) is 0. The Morgan fingerprint density at radius 3 is 2.68 bits per heavy atom. The Morgan fingerprint density at radius 2 is 1.97 bits per heavy atom. The van der Waals surface area contributed by atoms with Crippen molar-refractivity contribution < 1.29 is 18.7 Å². The van der Waals surface area contributed by atoms with Gasteiger partial charge in [0.15, 0.2) is 0 Å². The topological polar surface area (TPSA) is 73.7 Å². The Labute approximate surface area is 179 Å². The van der Waals surface area contributed by atoms with Crippen LogP contribution in [0.2, 0.25) is 0 Å². The zero-order chi connectivity index (χ0) is 21.8. The number of hydrogen-bond acceptors (Lipinski definition) is 6. The SMILES string of the molecule is CCOC(=O)c1cn(CCc2ccc(F)cc2)c2cc(N3CCOCC3)cnc2c1=O. The van der Waals surface area contributed by atoms with Crippen LogP contribution in [0.1, 0.15) is 22.8 Å². The number of anilines is 1. The summed E-state index contributed by atoms with van der Waals surface area (Å²) in [6.07, 6.45) is 3.80. The van der Waals surface area contributed by atoms with Crippen LogP contribution in [-0.4, -0.2) is 48.4 Å². The molecule has 3 aromatic rings. The third kappa shape index (κ3) is 4.59. The fourth-order valence-electron chi connectivity index (χ4n) is 3.68. The van der Waals surface area contributed by atoms with Crippen molar-refractivity contribution in [3.05, 3.63) is 69.9 Å². The lowest BCUT2D eigenvalue weighted by Gasteiger charge is -2.28. The molecule has 1 aliphatic rings. The minimum atomic E-state index is -0.663. The van der Waals surface area contributed by atoms with Gasteiger partial charge in [-0.3, -0.25) is 4.79 Å². The zero-order valence-electron chi connectivity index (χ0n) is 17.3. The molecule has 0 N–H and O–H groups in total. The number of morpholine rings is 1. The van der Waals surface area contributed by atoms with E-state index in [1.165, 1.54) is 18.3 Å². The second kappa shape index (κ2) is 9.26. The number of rotatable bonds is 6. The number of pyridine rings is 2. The van der Waals surface area contributed by atoms with Crippen molar-refractivity contribution in [1.29, 1.82) is 0 Å². The maximum atomic E-state index is 13.2. The fourth-order valence-corrected chi connectivity index (χ4v) is 3.68. The van der Waals surface area contributed by atoms with Gasteiger partial charge in [0.1, 0.15) is 16.9 Å². The van der Waals surface area contributed by atoms with E-state index in [-0.39, 0.29) is 23.5 Å². The van der Waals surface area contributed by atoms with Crippen LogP contribution >= 0.6 is 0 Å². The van der Waals surface area contributed by atoms with E-state index in [4.69, 9.17) is 9.47 Å². The lowest BCUT2D eigenvalue weighted by Crippen LogP contribution is -2.36. The van der Waals surface area contributed by atoms with Crippen LogP contribution in [0.5, 0.6) is 0 Å². The van der Waals surface area contributed by atoms with Crippen LogP contribution in [0.25, 0.3) is 11.0 Å². The summed E-state index contributed by atoms with van der Waals surface area (Å²) in [6.45, 7) is 5.12. The van der Waals surface area contributed by atoms with Crippen LogP contribution in [-0.2, 0) is 22.4 Å². The molecule has 1 aromatic carbocycles. The van der Waals surface area contributed by atoms with Crippen molar-refractivity contribution in [2.45, 2.75) is 19.9 Å². The highest BCUT2D eigenvalue weighted by atomic mass is 19.1. The predicted octanol–water partition coefficient (Wildman–Crippen LogP) is 2.79. The van der Waals surface area contributed by atoms with Crippen molar-refractivity contribution >= 4 is 22.7 Å². The van der Waals surface area contributed by atoms with E-state index in [2.05, 4.69) is 9.88 Å². The summed E-state index contributed by atoms with van der Waals surface area (Å²) in [5, 5.41) is 0. The minimum absolute atomic E-state index is 0.0416. The first kappa shape index (κ1) is 21.0. The summed E-state index contributed by atoms with van der Waals surface area (Å²) >= 11 is 0. The van der Waals surface area contributed by atoms with E-state index in [1.807, 2.05) is 10.6 Å². The molecule has 1 fully saturated rings. The monoisotopic (exact) mass is 425 g/mol. The molecule has 162 valence electrons. The molecule has 4 rings (SSSR count). The minimum Gasteiger partial charge on any atom is -0.462 e. The third-order valence-electron chi connectivity index (χ3n) is 5.33. The van der Waals surface area contributed by atoms with Crippen molar-refractivity contribution in [3.63, 3.8) is 0 Å². The van der Waals surface area contributed by atoms with E-state index in [0.29, 0.717) is 31.7 Å². The molecule has 2 aromatic heterocycles. The second-order valence-corrected chi connectivity index (χ2v) is 7.32. The Balaban J connectivity index is 1.76. The molecule has 0 aliphatic carbocycles. The number of nitrogens with zero attached hydrogens (tertiary/aromatic N) is 3. The number of carbonyl (C=O) groups is 1. The molecule has 0 saturated carbocycles. The maximum Gasteiger partial charge on any atom is 0.343 e. The summed E-state index contributed by atoms with van der Waals surface area (Å²) in [4.78, 5) is 31.9. The fraction of sp³-hybridized carbons (Fsp3) is 0.348.